The Bertz CT molecular complexity index is 1980. The van der Waals surface area contributed by atoms with Crippen LogP contribution in [0, 0.1) is 0 Å². The minimum atomic E-state index is -4.61. The van der Waals surface area contributed by atoms with Crippen LogP contribution in [0.15, 0.2) is 164 Å². The first-order valence-corrected chi connectivity index (χ1v) is 16.1. The molecule has 6 aromatic rings. The van der Waals surface area contributed by atoms with Crippen LogP contribution in [0.3, 0.4) is 0 Å². The van der Waals surface area contributed by atoms with Crippen LogP contribution in [0.4, 0.5) is 13.2 Å². The fourth-order valence-electron chi connectivity index (χ4n) is 6.11. The van der Waals surface area contributed by atoms with Gasteiger partial charge < -0.3 is 11.1 Å². The van der Waals surface area contributed by atoms with Gasteiger partial charge in [0.2, 0.25) is 5.91 Å². The van der Waals surface area contributed by atoms with Gasteiger partial charge in [-0.1, -0.05) is 158 Å². The summed E-state index contributed by atoms with van der Waals surface area (Å²) in [6.07, 6.45) is 0.377. The van der Waals surface area contributed by atoms with E-state index in [1.807, 2.05) is 109 Å². The molecule has 5 aromatic carbocycles. The van der Waals surface area contributed by atoms with E-state index in [2.05, 4.69) is 46.7 Å². The van der Waals surface area contributed by atoms with Crippen LogP contribution >= 0.6 is 0 Å². The molecule has 1 atom stereocenters. The van der Waals surface area contributed by atoms with Crippen molar-refractivity contribution in [2.75, 3.05) is 0 Å². The highest BCUT2D eigenvalue weighted by molar-refractivity contribution is 5.92. The average molecular weight is 666 g/mol. The number of hydrogen-bond acceptors (Lipinski definition) is 3. The van der Waals surface area contributed by atoms with Gasteiger partial charge in [0.15, 0.2) is 0 Å². The van der Waals surface area contributed by atoms with Crippen molar-refractivity contribution < 1.29 is 18.0 Å². The highest BCUT2D eigenvalue weighted by atomic mass is 19.4. The van der Waals surface area contributed by atoms with Gasteiger partial charge in [0.1, 0.15) is 11.9 Å². The van der Waals surface area contributed by atoms with Crippen molar-refractivity contribution in [2.45, 2.75) is 17.8 Å². The highest BCUT2D eigenvalue weighted by Crippen LogP contribution is 2.45. The van der Waals surface area contributed by atoms with Crippen molar-refractivity contribution in [1.29, 1.82) is 0 Å². The smallest absolute Gasteiger partial charge is 0.333 e. The summed E-state index contributed by atoms with van der Waals surface area (Å²) in [7, 11) is 0. The molecule has 0 radical (unpaired) electrons. The Kier molecular flexibility index (Phi) is 10.2. The summed E-state index contributed by atoms with van der Waals surface area (Å²) >= 11 is 0. The largest absolute Gasteiger partial charge is 0.433 e. The van der Waals surface area contributed by atoms with Crippen LogP contribution in [-0.4, -0.2) is 10.9 Å². The van der Waals surface area contributed by atoms with Crippen molar-refractivity contribution >= 4 is 24.1 Å². The van der Waals surface area contributed by atoms with E-state index in [0.717, 1.165) is 33.9 Å². The Labute approximate surface area is 289 Å². The maximum atomic E-state index is 13.4. The van der Waals surface area contributed by atoms with Crippen LogP contribution < -0.4 is 11.1 Å². The summed E-state index contributed by atoms with van der Waals surface area (Å²) in [4.78, 5) is 16.8. The van der Waals surface area contributed by atoms with Gasteiger partial charge >= 0.3 is 6.18 Å². The van der Waals surface area contributed by atoms with Crippen LogP contribution in [0.5, 0.6) is 0 Å². The molecule has 4 nitrogen and oxygen atoms in total. The van der Waals surface area contributed by atoms with Crippen LogP contribution in [-0.2, 0) is 16.4 Å². The topological polar surface area (TPSA) is 68.0 Å². The normalized spacial score (nSPS) is 12.6. The molecule has 50 heavy (non-hydrogen) atoms. The maximum absolute atomic E-state index is 13.4. The number of carbonyl (C=O) groups excluding carboxylic acids is 1. The Morgan fingerprint density at radius 1 is 0.600 bits per heavy atom. The second kappa shape index (κ2) is 15.0. The lowest BCUT2D eigenvalue weighted by atomic mass is 9.65. The molecule has 1 aromatic heterocycles. The average Bonchev–Trinajstić information content (AvgIpc) is 3.15. The molecular formula is C43H34F3N3O. The van der Waals surface area contributed by atoms with E-state index in [1.54, 1.807) is 6.08 Å². The predicted molar refractivity (Wildman–Crippen MR) is 193 cm³/mol. The molecule has 3 N–H and O–H groups in total. The van der Waals surface area contributed by atoms with E-state index in [1.165, 1.54) is 24.3 Å². The number of nitrogens with zero attached hydrogens (tertiary/aromatic N) is 1. The number of alkyl halides is 3. The molecule has 0 aliphatic rings. The van der Waals surface area contributed by atoms with E-state index in [4.69, 9.17) is 5.73 Å². The van der Waals surface area contributed by atoms with Gasteiger partial charge in [0.25, 0.3) is 0 Å². The van der Waals surface area contributed by atoms with Gasteiger partial charge in [-0.2, -0.15) is 13.2 Å². The molecule has 248 valence electrons. The van der Waals surface area contributed by atoms with Crippen molar-refractivity contribution in [3.8, 4) is 0 Å². The Balaban J connectivity index is 1.26. The molecule has 0 aliphatic carbocycles. The summed E-state index contributed by atoms with van der Waals surface area (Å²) < 4.78 is 40.3. The minimum absolute atomic E-state index is 0.0753. The number of hydrogen-bond donors (Lipinski definition) is 2. The summed E-state index contributed by atoms with van der Waals surface area (Å²) in [5.74, 6) is -0.508. The highest BCUT2D eigenvalue weighted by Gasteiger charge is 2.38. The predicted octanol–water partition coefficient (Wildman–Crippen LogP) is 9.44. The van der Waals surface area contributed by atoms with Gasteiger partial charge in [0, 0.05) is 11.6 Å². The maximum Gasteiger partial charge on any atom is 0.433 e. The van der Waals surface area contributed by atoms with E-state index >= 15 is 0 Å². The second-order valence-corrected chi connectivity index (χ2v) is 11.7. The number of aromatic nitrogens is 1. The third-order valence-corrected chi connectivity index (χ3v) is 8.52. The zero-order valence-corrected chi connectivity index (χ0v) is 27.0. The van der Waals surface area contributed by atoms with Crippen molar-refractivity contribution in [2.24, 2.45) is 5.73 Å². The molecule has 0 saturated carbocycles. The van der Waals surface area contributed by atoms with Gasteiger partial charge in [-0.05, 0) is 51.6 Å². The minimum Gasteiger partial charge on any atom is -0.333 e. The summed E-state index contributed by atoms with van der Waals surface area (Å²) in [6.45, 7) is 0. The molecule has 0 spiro atoms. The first-order valence-electron chi connectivity index (χ1n) is 16.1. The molecule has 1 unspecified atom stereocenters. The third kappa shape index (κ3) is 7.48. The molecule has 0 saturated heterocycles. The lowest BCUT2D eigenvalue weighted by Crippen LogP contribution is -2.33. The SMILES string of the molecule is NC(NC(=O)C=Cc1ccc(C(F)(F)F)nc1C=Cc1ccccc1)c1ccc(C(c2ccccc2)(c2ccccc2)c2ccccc2)cc1. The zero-order valence-electron chi connectivity index (χ0n) is 27.0. The first kappa shape index (κ1) is 33.8. The number of pyridine rings is 1. The lowest BCUT2D eigenvalue weighted by molar-refractivity contribution is -0.141. The Morgan fingerprint density at radius 3 is 1.58 bits per heavy atom. The Hall–Kier alpha value is -6.05. The van der Waals surface area contributed by atoms with Gasteiger partial charge in [-0.25, -0.2) is 4.98 Å². The van der Waals surface area contributed by atoms with Crippen LogP contribution in [0.25, 0.3) is 18.2 Å². The van der Waals surface area contributed by atoms with E-state index in [-0.39, 0.29) is 5.69 Å². The van der Waals surface area contributed by atoms with Crippen LogP contribution in [0.1, 0.15) is 56.5 Å². The third-order valence-electron chi connectivity index (χ3n) is 8.52. The molecule has 7 heteroatoms. The summed E-state index contributed by atoms with van der Waals surface area (Å²) in [6, 6.07) is 50.2. The summed E-state index contributed by atoms with van der Waals surface area (Å²) in [5, 5.41) is 2.77. The van der Waals surface area contributed by atoms with Gasteiger partial charge in [-0.3, -0.25) is 4.79 Å². The van der Waals surface area contributed by atoms with Gasteiger partial charge in [-0.15, -0.1) is 0 Å². The molecular weight excluding hydrogens is 631 g/mol. The molecule has 1 amide bonds. The first-order chi connectivity index (χ1) is 24.2. The number of carbonyl (C=O) groups is 1. The standard InChI is InChI=1S/C43H34F3N3O/c44-43(45,46)39-29-24-32(38(48-39)28-21-31-13-5-1-6-14-31)25-30-40(50)49-41(47)33-22-26-37(27-23-33)42(34-15-7-2-8-16-34,35-17-9-3-10-18-35)36-19-11-4-12-20-36/h1-30,41H,47H2,(H,49,50). The lowest BCUT2D eigenvalue weighted by Gasteiger charge is -2.37. The number of halogens is 3. The number of nitrogens with one attached hydrogen (secondary N) is 1. The molecule has 0 bridgehead atoms. The van der Waals surface area contributed by atoms with Crippen molar-refractivity contribution in [3.05, 3.63) is 214 Å². The summed E-state index contributed by atoms with van der Waals surface area (Å²) in [5.41, 5.74) is 11.0. The fourth-order valence-corrected chi connectivity index (χ4v) is 6.11. The quantitative estimate of drug-likeness (QED) is 0.0871. The number of rotatable bonds is 10. The molecule has 0 fully saturated rings. The van der Waals surface area contributed by atoms with Crippen LogP contribution in [0.2, 0.25) is 0 Å². The van der Waals surface area contributed by atoms with Gasteiger partial charge in [0.05, 0.1) is 11.1 Å². The molecule has 6 rings (SSSR count). The number of benzene rings is 5. The molecule has 1 heterocycles. The van der Waals surface area contributed by atoms with E-state index in [9.17, 15) is 18.0 Å². The zero-order chi connectivity index (χ0) is 35.0. The van der Waals surface area contributed by atoms with E-state index < -0.39 is 29.4 Å². The van der Waals surface area contributed by atoms with Crippen molar-refractivity contribution in [1.82, 2.24) is 10.3 Å². The monoisotopic (exact) mass is 665 g/mol. The Morgan fingerprint density at radius 2 is 1.08 bits per heavy atom. The number of amides is 1. The second-order valence-electron chi connectivity index (χ2n) is 11.7. The van der Waals surface area contributed by atoms with Crippen molar-refractivity contribution in [3.63, 3.8) is 0 Å². The van der Waals surface area contributed by atoms with E-state index in [0.29, 0.717) is 11.1 Å². The molecule has 0 aliphatic heterocycles. The fraction of sp³-hybridized carbons (Fsp3) is 0.0698. The number of nitrogens with two attached hydrogens (primary N) is 1.